The Morgan fingerprint density at radius 1 is 1.02 bits per heavy atom. The van der Waals surface area contributed by atoms with Gasteiger partial charge in [-0.3, -0.25) is 9.59 Å². The van der Waals surface area contributed by atoms with Gasteiger partial charge in [0.05, 0.1) is 31.2 Å². The van der Waals surface area contributed by atoms with Crippen LogP contribution in [0.15, 0.2) is 87.2 Å². The molecule has 0 saturated heterocycles. The van der Waals surface area contributed by atoms with Crippen LogP contribution in [-0.2, 0) is 16.6 Å². The third kappa shape index (κ3) is 4.80. The molecule has 0 radical (unpaired) electrons. The third-order valence-electron chi connectivity index (χ3n) is 6.31. The molecule has 12 heteroatoms. The van der Waals surface area contributed by atoms with E-state index < -0.39 is 21.4 Å². The standard InChI is InChI=1S/C28H22FN3O7S/c1-37-19-5-3-17(4-6-19)15-32(26-11-12-39-31-26)40(35,36)25-9-8-23-20(7-10-27(34)30-23)28(25)21-14-22(29)18(16-33)13-24(21)38-2/h3-14,16H,15H2,1-2H3,(H,30,34). The van der Waals surface area contributed by atoms with Crippen molar-refractivity contribution in [3.63, 3.8) is 0 Å². The lowest BCUT2D eigenvalue weighted by Gasteiger charge is -2.24. The minimum absolute atomic E-state index is 0.0118. The highest BCUT2D eigenvalue weighted by Crippen LogP contribution is 2.41. The average molecular weight is 564 g/mol. The predicted molar refractivity (Wildman–Crippen MR) is 145 cm³/mol. The largest absolute Gasteiger partial charge is 0.497 e. The molecule has 0 aliphatic heterocycles. The number of nitrogens with zero attached hydrogens (tertiary/aromatic N) is 2. The zero-order valence-corrected chi connectivity index (χ0v) is 22.1. The fourth-order valence-corrected chi connectivity index (χ4v) is 5.99. The molecule has 0 aliphatic carbocycles. The van der Waals surface area contributed by atoms with Crippen LogP contribution in [-0.4, -0.2) is 39.1 Å². The van der Waals surface area contributed by atoms with Crippen LogP contribution in [0.25, 0.3) is 22.0 Å². The number of benzene rings is 3. The molecular formula is C28H22FN3O7S. The van der Waals surface area contributed by atoms with Crippen molar-refractivity contribution in [2.45, 2.75) is 11.4 Å². The van der Waals surface area contributed by atoms with Gasteiger partial charge in [-0.15, -0.1) is 0 Å². The summed E-state index contributed by atoms with van der Waals surface area (Å²) in [5.41, 5.74) is 0.385. The average Bonchev–Trinajstić information content (AvgIpc) is 3.49. The van der Waals surface area contributed by atoms with Crippen LogP contribution < -0.4 is 19.3 Å². The predicted octanol–water partition coefficient (Wildman–Crippen LogP) is 4.55. The molecule has 0 fully saturated rings. The highest BCUT2D eigenvalue weighted by atomic mass is 32.2. The quantitative estimate of drug-likeness (QED) is 0.259. The number of aldehydes is 1. The van der Waals surface area contributed by atoms with Crippen LogP contribution in [0.3, 0.4) is 0 Å². The summed E-state index contributed by atoms with van der Waals surface area (Å²) in [7, 11) is -1.59. The summed E-state index contributed by atoms with van der Waals surface area (Å²) in [6, 6.07) is 15.9. The number of sulfonamides is 1. The van der Waals surface area contributed by atoms with Crippen molar-refractivity contribution in [2.75, 3.05) is 18.5 Å². The Hall–Kier alpha value is -4.97. The van der Waals surface area contributed by atoms with E-state index in [1.165, 1.54) is 56.9 Å². The Bertz CT molecular complexity index is 1870. The summed E-state index contributed by atoms with van der Waals surface area (Å²) in [6.45, 7) is -0.127. The number of carbonyl (C=O) groups is 1. The van der Waals surface area contributed by atoms with E-state index in [2.05, 4.69) is 10.1 Å². The first-order valence-electron chi connectivity index (χ1n) is 11.8. The Morgan fingerprint density at radius 2 is 1.80 bits per heavy atom. The van der Waals surface area contributed by atoms with Crippen LogP contribution in [0.5, 0.6) is 11.5 Å². The molecule has 204 valence electrons. The fourth-order valence-electron chi connectivity index (χ4n) is 4.37. The highest BCUT2D eigenvalue weighted by Gasteiger charge is 2.32. The van der Waals surface area contributed by atoms with Crippen molar-refractivity contribution in [3.8, 4) is 22.6 Å². The minimum atomic E-state index is -4.43. The Balaban J connectivity index is 1.78. The van der Waals surface area contributed by atoms with Crippen molar-refractivity contribution in [1.82, 2.24) is 10.1 Å². The number of aromatic amines is 1. The topological polar surface area (TPSA) is 132 Å². The van der Waals surface area contributed by atoms with Gasteiger partial charge in [0.25, 0.3) is 10.0 Å². The van der Waals surface area contributed by atoms with Gasteiger partial charge in [-0.25, -0.2) is 17.1 Å². The van der Waals surface area contributed by atoms with E-state index in [1.54, 1.807) is 24.3 Å². The lowest BCUT2D eigenvalue weighted by atomic mass is 9.98. The van der Waals surface area contributed by atoms with Gasteiger partial charge in [0.1, 0.15) is 23.6 Å². The summed E-state index contributed by atoms with van der Waals surface area (Å²) in [6.07, 6.45) is 1.58. The van der Waals surface area contributed by atoms with E-state index in [-0.39, 0.29) is 39.7 Å². The van der Waals surface area contributed by atoms with Crippen LogP contribution in [0, 0.1) is 5.82 Å². The molecule has 40 heavy (non-hydrogen) atoms. The van der Waals surface area contributed by atoms with Gasteiger partial charge in [-0.05, 0) is 48.0 Å². The first-order chi connectivity index (χ1) is 19.3. The molecule has 2 aromatic heterocycles. The molecule has 2 heterocycles. The molecule has 0 saturated carbocycles. The number of ether oxygens (including phenoxy) is 2. The van der Waals surface area contributed by atoms with Crippen LogP contribution in [0.1, 0.15) is 15.9 Å². The minimum Gasteiger partial charge on any atom is -0.497 e. The maximum absolute atomic E-state index is 14.9. The van der Waals surface area contributed by atoms with Crippen molar-refractivity contribution in [2.24, 2.45) is 0 Å². The summed E-state index contributed by atoms with van der Waals surface area (Å²) >= 11 is 0. The normalized spacial score (nSPS) is 11.4. The van der Waals surface area contributed by atoms with E-state index in [9.17, 15) is 22.4 Å². The van der Waals surface area contributed by atoms with Crippen molar-refractivity contribution < 1.29 is 31.6 Å². The molecule has 0 atom stereocenters. The highest BCUT2D eigenvalue weighted by molar-refractivity contribution is 7.93. The van der Waals surface area contributed by atoms with E-state index >= 15 is 0 Å². The number of hydrogen-bond donors (Lipinski definition) is 1. The molecule has 0 bridgehead atoms. The number of carbonyl (C=O) groups excluding carboxylic acids is 1. The van der Waals surface area contributed by atoms with Crippen LogP contribution in [0.4, 0.5) is 10.2 Å². The van der Waals surface area contributed by atoms with Gasteiger partial charge in [-0.1, -0.05) is 17.3 Å². The molecule has 3 aromatic carbocycles. The zero-order chi connectivity index (χ0) is 28.4. The summed E-state index contributed by atoms with van der Waals surface area (Å²) < 4.78 is 60.4. The lowest BCUT2D eigenvalue weighted by Crippen LogP contribution is -2.31. The van der Waals surface area contributed by atoms with Gasteiger partial charge in [0, 0.05) is 34.2 Å². The zero-order valence-electron chi connectivity index (χ0n) is 21.3. The van der Waals surface area contributed by atoms with Crippen molar-refractivity contribution in [1.29, 1.82) is 0 Å². The number of halogens is 1. The van der Waals surface area contributed by atoms with E-state index in [0.717, 1.165) is 10.4 Å². The number of nitrogens with one attached hydrogen (secondary N) is 1. The monoisotopic (exact) mass is 563 g/mol. The molecule has 0 unspecified atom stereocenters. The van der Waals surface area contributed by atoms with Crippen molar-refractivity contribution in [3.05, 3.63) is 100 Å². The van der Waals surface area contributed by atoms with Gasteiger partial charge in [-0.2, -0.15) is 0 Å². The molecule has 1 N–H and O–H groups in total. The number of hydrogen-bond acceptors (Lipinski definition) is 8. The molecular weight excluding hydrogens is 541 g/mol. The van der Waals surface area contributed by atoms with E-state index in [4.69, 9.17) is 14.0 Å². The first kappa shape index (κ1) is 26.6. The van der Waals surface area contributed by atoms with Gasteiger partial charge in [0.15, 0.2) is 12.1 Å². The SMILES string of the molecule is COc1ccc(CN(c2ccon2)S(=O)(=O)c2ccc3[nH]c(=O)ccc3c2-c2cc(F)c(C=O)cc2OC)cc1. The summed E-state index contributed by atoms with van der Waals surface area (Å²) in [5, 5.41) is 4.17. The number of pyridine rings is 1. The summed E-state index contributed by atoms with van der Waals surface area (Å²) in [5.74, 6) is -0.208. The van der Waals surface area contributed by atoms with E-state index in [1.807, 2.05) is 0 Å². The molecule has 0 spiro atoms. The third-order valence-corrected chi connectivity index (χ3v) is 8.11. The molecule has 10 nitrogen and oxygen atoms in total. The Kier molecular flexibility index (Phi) is 7.09. The van der Waals surface area contributed by atoms with Gasteiger partial charge < -0.3 is 19.0 Å². The second-order valence-corrected chi connectivity index (χ2v) is 10.5. The second-order valence-electron chi connectivity index (χ2n) is 8.63. The van der Waals surface area contributed by atoms with Gasteiger partial charge in [0.2, 0.25) is 5.56 Å². The van der Waals surface area contributed by atoms with E-state index in [0.29, 0.717) is 28.5 Å². The maximum Gasteiger partial charge on any atom is 0.266 e. The number of fused-ring (bicyclic) bond motifs is 1. The molecule has 0 aliphatic rings. The summed E-state index contributed by atoms with van der Waals surface area (Å²) in [4.78, 5) is 25.9. The van der Waals surface area contributed by atoms with Gasteiger partial charge >= 0.3 is 0 Å². The fraction of sp³-hybridized carbons (Fsp3) is 0.107. The van der Waals surface area contributed by atoms with Crippen LogP contribution in [0.2, 0.25) is 0 Å². The number of H-pyrrole nitrogens is 1. The maximum atomic E-state index is 14.9. The number of rotatable bonds is 9. The Labute approximate surface area is 227 Å². The van der Waals surface area contributed by atoms with Crippen LogP contribution >= 0.6 is 0 Å². The molecule has 5 rings (SSSR count). The molecule has 5 aromatic rings. The molecule has 0 amide bonds. The number of methoxy groups -OCH3 is 2. The first-order valence-corrected chi connectivity index (χ1v) is 13.3. The Morgan fingerprint density at radius 3 is 2.45 bits per heavy atom. The lowest BCUT2D eigenvalue weighted by molar-refractivity contribution is 0.111. The van der Waals surface area contributed by atoms with Crippen molar-refractivity contribution >= 4 is 33.0 Å². The second kappa shape index (κ2) is 10.7. The number of aromatic nitrogens is 2. The number of anilines is 1. The smallest absolute Gasteiger partial charge is 0.266 e.